The predicted molar refractivity (Wildman–Crippen MR) is 123 cm³/mol. The first-order valence-electron chi connectivity index (χ1n) is 10.6. The van der Waals surface area contributed by atoms with E-state index in [-0.39, 0.29) is 18.4 Å². The zero-order valence-corrected chi connectivity index (χ0v) is 18.3. The number of hydrogen-bond acceptors (Lipinski definition) is 6. The van der Waals surface area contributed by atoms with Gasteiger partial charge in [-0.05, 0) is 73.9 Å². The van der Waals surface area contributed by atoms with Crippen LogP contribution in [0.1, 0.15) is 33.5 Å². The molecule has 3 aromatic carbocycles. The van der Waals surface area contributed by atoms with Crippen molar-refractivity contribution in [3.8, 4) is 0 Å². The molecule has 0 spiro atoms. The molecule has 0 saturated heterocycles. The zero-order chi connectivity index (χ0) is 23.5. The number of benzene rings is 3. The molecular formula is C25H24F2N4O2. The third kappa shape index (κ3) is 4.90. The van der Waals surface area contributed by atoms with Crippen LogP contribution in [-0.4, -0.2) is 30.1 Å². The summed E-state index contributed by atoms with van der Waals surface area (Å²) in [6.07, 6.45) is 0.543. The molecule has 170 valence electrons. The van der Waals surface area contributed by atoms with Crippen molar-refractivity contribution in [1.82, 2.24) is 0 Å². The fourth-order valence-corrected chi connectivity index (χ4v) is 3.76. The topological polar surface area (TPSA) is 77.3 Å². The summed E-state index contributed by atoms with van der Waals surface area (Å²) in [7, 11) is 0. The third-order valence-electron chi connectivity index (χ3n) is 5.61. The molecule has 3 aromatic rings. The molecule has 6 nitrogen and oxygen atoms in total. The maximum Gasteiger partial charge on any atom is 0.193 e. The summed E-state index contributed by atoms with van der Waals surface area (Å²) in [5, 5.41) is 22.2. The van der Waals surface area contributed by atoms with Gasteiger partial charge in [-0.1, -0.05) is 11.3 Å². The van der Waals surface area contributed by atoms with Gasteiger partial charge >= 0.3 is 0 Å². The Morgan fingerprint density at radius 2 is 1.76 bits per heavy atom. The van der Waals surface area contributed by atoms with E-state index in [0.29, 0.717) is 35.5 Å². The smallest absolute Gasteiger partial charge is 0.193 e. The van der Waals surface area contributed by atoms with Gasteiger partial charge in [0, 0.05) is 35.2 Å². The summed E-state index contributed by atoms with van der Waals surface area (Å²) in [6, 6.07) is 14.4. The maximum atomic E-state index is 13.5. The molecule has 0 amide bonds. The number of anilines is 3. The summed E-state index contributed by atoms with van der Waals surface area (Å²) >= 11 is 0. The molecule has 0 radical (unpaired) electrons. The van der Waals surface area contributed by atoms with Gasteiger partial charge in [0.1, 0.15) is 0 Å². The molecule has 33 heavy (non-hydrogen) atoms. The monoisotopic (exact) mass is 450 g/mol. The fourth-order valence-electron chi connectivity index (χ4n) is 3.76. The number of aryl methyl sites for hydroxylation is 2. The summed E-state index contributed by atoms with van der Waals surface area (Å²) in [5.74, 6) is -1.96. The summed E-state index contributed by atoms with van der Waals surface area (Å²) in [6.45, 7) is 4.32. The number of carbonyl (C=O) groups excluding carboxylic acids is 1. The van der Waals surface area contributed by atoms with Crippen LogP contribution in [0, 0.1) is 25.5 Å². The number of nitrogens with one attached hydrogen (secondary N) is 1. The van der Waals surface area contributed by atoms with Crippen LogP contribution in [-0.2, 0) is 0 Å². The molecule has 1 unspecified atom stereocenters. The Kier molecular flexibility index (Phi) is 6.46. The predicted octanol–water partition coefficient (Wildman–Crippen LogP) is 5.49. The van der Waals surface area contributed by atoms with Gasteiger partial charge in [0.2, 0.25) is 0 Å². The number of halogens is 2. The standard InChI is InChI=1S/C25H24F2N4O2/c1-15-3-6-20(31-14-19(9-10-32)29-30-31)13-22(15)25(33)21-7-4-17(11-16(21)2)28-18-5-8-23(26)24(27)12-18/h3-8,11-13,19,28,32H,9-10,14H2,1-2H3. The number of carbonyl (C=O) groups is 1. The molecule has 0 aliphatic carbocycles. The summed E-state index contributed by atoms with van der Waals surface area (Å²) in [4.78, 5) is 13.4. The van der Waals surface area contributed by atoms with Gasteiger partial charge in [-0.3, -0.25) is 4.79 Å². The molecule has 1 atom stereocenters. The van der Waals surface area contributed by atoms with Gasteiger partial charge in [-0.25, -0.2) is 13.8 Å². The van der Waals surface area contributed by atoms with Crippen LogP contribution in [0.3, 0.4) is 0 Å². The average molecular weight is 450 g/mol. The van der Waals surface area contributed by atoms with Crippen LogP contribution in [0.2, 0.25) is 0 Å². The lowest BCUT2D eigenvalue weighted by atomic mass is 9.95. The van der Waals surface area contributed by atoms with Crippen LogP contribution in [0.4, 0.5) is 25.8 Å². The zero-order valence-electron chi connectivity index (χ0n) is 18.3. The summed E-state index contributed by atoms with van der Waals surface area (Å²) < 4.78 is 26.6. The van der Waals surface area contributed by atoms with Crippen molar-refractivity contribution in [2.75, 3.05) is 23.5 Å². The van der Waals surface area contributed by atoms with Crippen LogP contribution in [0.25, 0.3) is 0 Å². The molecular weight excluding hydrogens is 426 g/mol. The fraction of sp³-hybridized carbons (Fsp3) is 0.240. The summed E-state index contributed by atoms with van der Waals surface area (Å²) in [5.41, 5.74) is 4.55. The third-order valence-corrected chi connectivity index (χ3v) is 5.61. The average Bonchev–Trinajstić information content (AvgIpc) is 3.25. The number of hydrogen-bond donors (Lipinski definition) is 2. The van der Waals surface area contributed by atoms with E-state index in [1.54, 1.807) is 23.2 Å². The van der Waals surface area contributed by atoms with Gasteiger partial charge < -0.3 is 10.4 Å². The van der Waals surface area contributed by atoms with Crippen LogP contribution in [0.15, 0.2) is 64.9 Å². The quantitative estimate of drug-likeness (QED) is 0.467. The van der Waals surface area contributed by atoms with Crippen LogP contribution >= 0.6 is 0 Å². The Labute approximate surface area is 190 Å². The van der Waals surface area contributed by atoms with Crippen molar-refractivity contribution in [3.05, 3.63) is 88.5 Å². The van der Waals surface area contributed by atoms with E-state index < -0.39 is 11.6 Å². The van der Waals surface area contributed by atoms with E-state index in [1.807, 2.05) is 32.0 Å². The molecule has 1 heterocycles. The normalized spacial score (nSPS) is 15.2. The lowest BCUT2D eigenvalue weighted by molar-refractivity contribution is 0.103. The molecule has 4 rings (SSSR count). The van der Waals surface area contributed by atoms with Crippen LogP contribution < -0.4 is 10.3 Å². The van der Waals surface area contributed by atoms with Crippen molar-refractivity contribution in [2.24, 2.45) is 10.3 Å². The van der Waals surface area contributed by atoms with Crippen molar-refractivity contribution in [1.29, 1.82) is 0 Å². The first-order chi connectivity index (χ1) is 15.9. The number of aliphatic hydroxyl groups is 1. The Hall–Kier alpha value is -3.65. The van der Waals surface area contributed by atoms with Crippen molar-refractivity contribution in [2.45, 2.75) is 26.3 Å². The second-order valence-electron chi connectivity index (χ2n) is 8.07. The molecule has 0 fully saturated rings. The van der Waals surface area contributed by atoms with E-state index in [4.69, 9.17) is 5.11 Å². The molecule has 8 heteroatoms. The van der Waals surface area contributed by atoms with Gasteiger partial charge in [0.25, 0.3) is 0 Å². The first-order valence-corrected chi connectivity index (χ1v) is 10.6. The Bertz CT molecular complexity index is 1230. The molecule has 0 aromatic heterocycles. The minimum absolute atomic E-state index is 0.0510. The van der Waals surface area contributed by atoms with E-state index in [0.717, 1.165) is 28.9 Å². The highest BCUT2D eigenvalue weighted by Gasteiger charge is 2.22. The maximum absolute atomic E-state index is 13.5. The molecule has 0 bridgehead atoms. The molecule has 1 aliphatic heterocycles. The Morgan fingerprint density at radius 1 is 1.00 bits per heavy atom. The number of aliphatic hydroxyl groups excluding tert-OH is 1. The largest absolute Gasteiger partial charge is 0.396 e. The number of rotatable bonds is 7. The van der Waals surface area contributed by atoms with E-state index in [2.05, 4.69) is 15.7 Å². The highest BCUT2D eigenvalue weighted by molar-refractivity contribution is 6.11. The lowest BCUT2D eigenvalue weighted by Gasteiger charge is -2.16. The molecule has 1 aliphatic rings. The minimum Gasteiger partial charge on any atom is -0.396 e. The molecule has 0 saturated carbocycles. The highest BCUT2D eigenvalue weighted by atomic mass is 19.2. The SMILES string of the molecule is Cc1cc(Nc2ccc(F)c(F)c2)ccc1C(=O)c1cc(N2CC(CCO)N=N2)ccc1C. The lowest BCUT2D eigenvalue weighted by Crippen LogP contribution is -2.21. The Balaban J connectivity index is 1.55. The van der Waals surface area contributed by atoms with Gasteiger partial charge in [0.05, 0.1) is 18.3 Å². The minimum atomic E-state index is -0.931. The number of nitrogens with zero attached hydrogens (tertiary/aromatic N) is 3. The van der Waals surface area contributed by atoms with E-state index in [1.165, 1.54) is 6.07 Å². The number of ketones is 1. The second-order valence-corrected chi connectivity index (χ2v) is 8.07. The Morgan fingerprint density at radius 3 is 2.48 bits per heavy atom. The second kappa shape index (κ2) is 9.46. The van der Waals surface area contributed by atoms with Gasteiger partial charge in [-0.2, -0.15) is 5.11 Å². The van der Waals surface area contributed by atoms with Crippen molar-refractivity contribution < 1.29 is 18.7 Å². The highest BCUT2D eigenvalue weighted by Crippen LogP contribution is 2.28. The van der Waals surface area contributed by atoms with Crippen LogP contribution in [0.5, 0.6) is 0 Å². The first kappa shape index (κ1) is 22.5. The van der Waals surface area contributed by atoms with E-state index in [9.17, 15) is 13.6 Å². The molecule has 2 N–H and O–H groups in total. The van der Waals surface area contributed by atoms with Gasteiger partial charge in [0.15, 0.2) is 17.4 Å². The van der Waals surface area contributed by atoms with Crippen molar-refractivity contribution >= 4 is 22.8 Å². The van der Waals surface area contributed by atoms with Crippen molar-refractivity contribution in [3.63, 3.8) is 0 Å². The van der Waals surface area contributed by atoms with E-state index >= 15 is 0 Å². The van der Waals surface area contributed by atoms with Gasteiger partial charge in [-0.15, -0.1) is 0 Å².